The minimum Gasteiger partial charge on any atom is -0.504 e. The van der Waals surface area contributed by atoms with E-state index in [1.807, 2.05) is 0 Å². The van der Waals surface area contributed by atoms with Crippen molar-refractivity contribution in [2.45, 2.75) is 89.6 Å². The lowest BCUT2D eigenvalue weighted by Crippen LogP contribution is -2.17. The zero-order chi connectivity index (χ0) is 31.2. The molecule has 0 spiro atoms. The summed E-state index contributed by atoms with van der Waals surface area (Å²) in [6.45, 7) is 3.18. The Hall–Kier alpha value is -2.72. The van der Waals surface area contributed by atoms with Gasteiger partial charge in [0, 0.05) is 12.6 Å². The fourth-order valence-electron chi connectivity index (χ4n) is 4.15. The second kappa shape index (κ2) is 17.4. The second-order valence-corrected chi connectivity index (χ2v) is 14.3. The van der Waals surface area contributed by atoms with E-state index in [1.165, 1.54) is 38.5 Å². The Morgan fingerprint density at radius 2 is 1.55 bits per heavy atom. The maximum atomic E-state index is 12.5. The summed E-state index contributed by atoms with van der Waals surface area (Å²) in [6.07, 6.45) is 11.1. The van der Waals surface area contributed by atoms with E-state index >= 15 is 0 Å². The van der Waals surface area contributed by atoms with E-state index in [0.29, 0.717) is 17.7 Å². The van der Waals surface area contributed by atoms with Crippen LogP contribution in [0.2, 0.25) is 0 Å². The largest absolute Gasteiger partial charge is 0.504 e. The molecule has 42 heavy (non-hydrogen) atoms. The van der Waals surface area contributed by atoms with E-state index in [2.05, 4.69) is 21.7 Å². The predicted molar refractivity (Wildman–Crippen MR) is 166 cm³/mol. The molecule has 2 aromatic rings. The molecule has 0 aromatic heterocycles. The zero-order valence-electron chi connectivity index (χ0n) is 24.1. The molecule has 1 atom stereocenters. The van der Waals surface area contributed by atoms with Gasteiger partial charge in [0.05, 0.1) is 23.7 Å². The van der Waals surface area contributed by atoms with Crippen LogP contribution in [0, 0.1) is 0 Å². The van der Waals surface area contributed by atoms with Crippen molar-refractivity contribution >= 4 is 54.3 Å². The summed E-state index contributed by atoms with van der Waals surface area (Å²) in [5.74, 6) is -1.33. The Morgan fingerprint density at radius 1 is 0.929 bits per heavy atom. The van der Waals surface area contributed by atoms with Crippen molar-refractivity contribution in [3.63, 3.8) is 0 Å². The summed E-state index contributed by atoms with van der Waals surface area (Å²) in [5.41, 5.74) is 0.552. The van der Waals surface area contributed by atoms with Gasteiger partial charge in [-0.1, -0.05) is 76.8 Å². The Morgan fingerprint density at radius 3 is 2.14 bits per heavy atom. The number of unbranched alkanes of at least 4 members (excludes halogenated alkanes) is 9. The molecular formula is C27H42N4O8S3. The Balaban J connectivity index is 1.86. The molecule has 2 rings (SSSR count). The third kappa shape index (κ3) is 13.5. The average Bonchev–Trinajstić information content (AvgIpc) is 2.89. The molecular weight excluding hydrogens is 605 g/mol. The fourth-order valence-corrected chi connectivity index (χ4v) is 6.61. The van der Waals surface area contributed by atoms with Gasteiger partial charge in [-0.2, -0.15) is 0 Å². The Bertz CT molecular complexity index is 1420. The van der Waals surface area contributed by atoms with Crippen molar-refractivity contribution in [3.05, 3.63) is 42.0 Å². The molecule has 2 aromatic carbocycles. The number of nitrogens with two attached hydrogens (primary N) is 1. The third-order valence-corrected chi connectivity index (χ3v) is 9.22. The summed E-state index contributed by atoms with van der Waals surface area (Å²) in [4.78, 5) is 10.7. The lowest BCUT2D eigenvalue weighted by Gasteiger charge is -2.13. The first kappa shape index (κ1) is 35.5. The molecule has 0 radical (unpaired) electrons. The van der Waals surface area contributed by atoms with Crippen molar-refractivity contribution in [2.75, 3.05) is 20.5 Å². The van der Waals surface area contributed by atoms with Gasteiger partial charge in [-0.3, -0.25) is 18.4 Å². The fraction of sp³-hybridized carbons (Fsp3) is 0.519. The number of carbonyl (C=O) groups is 1. The van der Waals surface area contributed by atoms with Crippen LogP contribution in [-0.2, 0) is 46.9 Å². The number of sulfonamides is 2. The molecule has 0 aliphatic rings. The van der Waals surface area contributed by atoms with Gasteiger partial charge < -0.3 is 10.4 Å². The molecule has 15 heteroatoms. The number of phenols is 1. The number of amides is 1. The summed E-state index contributed by atoms with van der Waals surface area (Å²) >= 11 is -2.19. The van der Waals surface area contributed by atoms with E-state index in [4.69, 9.17) is 9.32 Å². The Kier molecular flexibility index (Phi) is 14.7. The number of hydrogen-bond acceptors (Lipinski definition) is 8. The van der Waals surface area contributed by atoms with Crippen LogP contribution in [-0.4, -0.2) is 37.8 Å². The maximum Gasteiger partial charge on any atom is 0.262 e. The lowest BCUT2D eigenvalue weighted by molar-refractivity contribution is -0.114. The minimum absolute atomic E-state index is 0.0196. The van der Waals surface area contributed by atoms with Crippen molar-refractivity contribution in [3.8, 4) is 5.75 Å². The van der Waals surface area contributed by atoms with Gasteiger partial charge in [-0.15, -0.1) is 0 Å². The van der Waals surface area contributed by atoms with Crippen LogP contribution in [0.4, 0.5) is 17.1 Å². The Labute approximate surface area is 251 Å². The molecule has 1 unspecified atom stereocenters. The van der Waals surface area contributed by atoms with E-state index in [0.717, 1.165) is 38.3 Å². The molecule has 0 aliphatic carbocycles. The van der Waals surface area contributed by atoms with Crippen molar-refractivity contribution in [2.24, 2.45) is 5.14 Å². The van der Waals surface area contributed by atoms with Gasteiger partial charge in [0.1, 0.15) is 4.90 Å². The van der Waals surface area contributed by atoms with Crippen LogP contribution in [0.25, 0.3) is 0 Å². The first-order valence-electron chi connectivity index (χ1n) is 13.9. The van der Waals surface area contributed by atoms with Crippen LogP contribution in [0.3, 0.4) is 0 Å². The van der Waals surface area contributed by atoms with Gasteiger partial charge in [-0.25, -0.2) is 26.2 Å². The van der Waals surface area contributed by atoms with Crippen molar-refractivity contribution < 1.29 is 35.1 Å². The molecule has 0 bridgehead atoms. The number of aromatic hydroxyl groups is 1. The molecule has 6 N–H and O–H groups in total. The average molecular weight is 647 g/mol. The van der Waals surface area contributed by atoms with E-state index in [1.54, 1.807) is 24.3 Å². The number of nitrogens with one attached hydrogen (secondary N) is 3. The quantitative estimate of drug-likeness (QED) is 0.0763. The molecule has 0 saturated heterocycles. The smallest absolute Gasteiger partial charge is 0.262 e. The number of hydrogen-bond donors (Lipinski definition) is 5. The van der Waals surface area contributed by atoms with E-state index in [-0.39, 0.29) is 23.7 Å². The standard InChI is InChI=1S/C27H42N4O8S3/c1-3-4-5-6-7-8-9-10-11-12-16-41(35,36)31-23-15-13-14-22(17-23)20-39-40(34)30-24-18-25(29-21(2)32)27(33)26(19-24)42(28,37)38/h13-15,17-19,30-31,33H,3-12,16,20H2,1-2H3,(H,29,32)(H2,28,37,38). The molecule has 1 amide bonds. The summed E-state index contributed by atoms with van der Waals surface area (Å²) in [5, 5.41) is 17.6. The summed E-state index contributed by atoms with van der Waals surface area (Å²) in [7, 11) is -7.91. The lowest BCUT2D eigenvalue weighted by atomic mass is 10.1. The molecule has 236 valence electrons. The van der Waals surface area contributed by atoms with Crippen LogP contribution < -0.4 is 19.9 Å². The molecule has 12 nitrogen and oxygen atoms in total. The van der Waals surface area contributed by atoms with Crippen LogP contribution >= 0.6 is 0 Å². The number of rotatable bonds is 20. The monoisotopic (exact) mass is 646 g/mol. The summed E-state index contributed by atoms with van der Waals surface area (Å²) in [6, 6.07) is 8.56. The number of primary sulfonamides is 1. The van der Waals surface area contributed by atoms with Gasteiger partial charge in [0.25, 0.3) is 11.3 Å². The van der Waals surface area contributed by atoms with E-state index < -0.39 is 47.9 Å². The van der Waals surface area contributed by atoms with Crippen molar-refractivity contribution in [1.29, 1.82) is 0 Å². The van der Waals surface area contributed by atoms with Crippen LogP contribution in [0.15, 0.2) is 41.3 Å². The van der Waals surface area contributed by atoms with Gasteiger partial charge in [0.15, 0.2) is 5.75 Å². The van der Waals surface area contributed by atoms with Gasteiger partial charge in [-0.05, 0) is 36.2 Å². The van der Waals surface area contributed by atoms with Crippen LogP contribution in [0.5, 0.6) is 5.75 Å². The summed E-state index contributed by atoms with van der Waals surface area (Å²) < 4.78 is 71.5. The van der Waals surface area contributed by atoms with E-state index in [9.17, 15) is 30.9 Å². The molecule has 0 heterocycles. The third-order valence-electron chi connectivity index (χ3n) is 6.19. The highest BCUT2D eigenvalue weighted by Gasteiger charge is 2.20. The highest BCUT2D eigenvalue weighted by atomic mass is 32.2. The molecule has 0 saturated carbocycles. The minimum atomic E-state index is -4.38. The number of phenolic OH excluding ortho intramolecular Hbond substituents is 1. The number of anilines is 3. The molecule has 0 fully saturated rings. The first-order valence-corrected chi connectivity index (χ1v) is 18.2. The zero-order valence-corrected chi connectivity index (χ0v) is 26.5. The van der Waals surface area contributed by atoms with Crippen LogP contribution in [0.1, 0.15) is 83.6 Å². The predicted octanol–water partition coefficient (Wildman–Crippen LogP) is 4.87. The second-order valence-electron chi connectivity index (χ2n) is 10.00. The first-order chi connectivity index (χ1) is 19.8. The number of benzene rings is 2. The highest BCUT2D eigenvalue weighted by Crippen LogP contribution is 2.34. The van der Waals surface area contributed by atoms with Gasteiger partial charge >= 0.3 is 0 Å². The van der Waals surface area contributed by atoms with Crippen molar-refractivity contribution in [1.82, 2.24) is 0 Å². The molecule has 0 aliphatic heterocycles. The number of carbonyl (C=O) groups excluding carboxylic acids is 1. The topological polar surface area (TPSA) is 194 Å². The maximum absolute atomic E-state index is 12.5. The van der Waals surface area contributed by atoms with Gasteiger partial charge in [0.2, 0.25) is 26.0 Å². The highest BCUT2D eigenvalue weighted by molar-refractivity contribution is 7.92. The SMILES string of the molecule is CCCCCCCCCCCCS(=O)(=O)Nc1cccc(COS(=O)Nc2cc(NC(C)=O)c(O)c(S(N)(=O)=O)c2)c1. The normalized spacial score (nSPS) is 12.5.